The first-order chi connectivity index (χ1) is 9.74. The quantitative estimate of drug-likeness (QED) is 0.397. The first-order valence-electron chi connectivity index (χ1n) is 6.24. The number of rotatable bonds is 5. The van der Waals surface area contributed by atoms with E-state index in [4.69, 9.17) is 5.84 Å². The van der Waals surface area contributed by atoms with Gasteiger partial charge in [-0.2, -0.15) is 24.7 Å². The zero-order valence-corrected chi connectivity index (χ0v) is 10.6. The van der Waals surface area contributed by atoms with Crippen LogP contribution >= 0.6 is 0 Å². The zero-order chi connectivity index (χ0) is 13.9. The van der Waals surface area contributed by atoms with Crippen molar-refractivity contribution >= 4 is 11.9 Å². The number of nitrogen functional groups attached to an aromatic ring is 1. The van der Waals surface area contributed by atoms with Crippen LogP contribution in [0.1, 0.15) is 12.8 Å². The molecule has 2 aromatic rings. The molecule has 3 rings (SSSR count). The van der Waals surface area contributed by atoms with Crippen LogP contribution in [0, 0.1) is 5.92 Å². The summed E-state index contributed by atoms with van der Waals surface area (Å²) in [6, 6.07) is 0. The molecule has 0 aromatic carbocycles. The summed E-state index contributed by atoms with van der Waals surface area (Å²) < 4.78 is 1.42. The molecule has 2 heterocycles. The second-order valence-electron chi connectivity index (χ2n) is 4.64. The Hall–Kier alpha value is -2.33. The minimum absolute atomic E-state index is 0.174. The maximum absolute atomic E-state index is 9.25. The van der Waals surface area contributed by atoms with Crippen molar-refractivity contribution in [3.05, 3.63) is 12.7 Å². The summed E-state index contributed by atoms with van der Waals surface area (Å²) in [7, 11) is 0. The van der Waals surface area contributed by atoms with E-state index in [2.05, 4.69) is 35.8 Å². The molecule has 2 aromatic heterocycles. The molecule has 0 spiro atoms. The zero-order valence-electron chi connectivity index (χ0n) is 10.6. The molecule has 10 heteroatoms. The van der Waals surface area contributed by atoms with Gasteiger partial charge in [0.1, 0.15) is 12.7 Å². The van der Waals surface area contributed by atoms with Gasteiger partial charge in [-0.3, -0.25) is 5.43 Å². The molecular formula is C10H15N9O. The number of hydrogen-bond donors (Lipinski definition) is 4. The summed E-state index contributed by atoms with van der Waals surface area (Å²) in [4.78, 5) is 16.3. The molecule has 0 aliphatic heterocycles. The standard InChI is InChI=1S/C10H15N9O/c11-18-9-15-8(13-3-6-1-7(20)2-6)16-10(17-9)19-5-12-4-14-19/h4-7,20H,1-3,11H2,(H2,13,15,16,17,18). The number of hydrogen-bond acceptors (Lipinski definition) is 9. The monoisotopic (exact) mass is 277 g/mol. The third-order valence-corrected chi connectivity index (χ3v) is 3.14. The molecule has 0 unspecified atom stereocenters. The largest absolute Gasteiger partial charge is 0.393 e. The first-order valence-corrected chi connectivity index (χ1v) is 6.24. The second-order valence-corrected chi connectivity index (χ2v) is 4.64. The Morgan fingerprint density at radius 3 is 2.75 bits per heavy atom. The molecule has 1 aliphatic rings. The Morgan fingerprint density at radius 1 is 1.30 bits per heavy atom. The van der Waals surface area contributed by atoms with Gasteiger partial charge in [0.25, 0.3) is 5.95 Å². The van der Waals surface area contributed by atoms with Gasteiger partial charge in [0.15, 0.2) is 0 Å². The lowest BCUT2D eigenvalue weighted by molar-refractivity contribution is 0.0486. The Labute approximate surface area is 114 Å². The van der Waals surface area contributed by atoms with E-state index >= 15 is 0 Å². The topological polar surface area (TPSA) is 140 Å². The van der Waals surface area contributed by atoms with Crippen LogP contribution in [0.3, 0.4) is 0 Å². The highest BCUT2D eigenvalue weighted by Gasteiger charge is 2.26. The number of aliphatic hydroxyl groups excluding tert-OH is 1. The average molecular weight is 277 g/mol. The molecule has 20 heavy (non-hydrogen) atoms. The minimum Gasteiger partial charge on any atom is -0.393 e. The number of nitrogens with two attached hydrogens (primary N) is 1. The summed E-state index contributed by atoms with van der Waals surface area (Å²) in [5, 5.41) is 16.3. The van der Waals surface area contributed by atoms with Crippen LogP contribution in [-0.2, 0) is 0 Å². The van der Waals surface area contributed by atoms with E-state index in [1.165, 1.54) is 17.3 Å². The molecule has 0 radical (unpaired) electrons. The summed E-state index contributed by atoms with van der Waals surface area (Å²) >= 11 is 0. The van der Waals surface area contributed by atoms with Crippen molar-refractivity contribution in [3.63, 3.8) is 0 Å². The molecule has 1 fully saturated rings. The van der Waals surface area contributed by atoms with Crippen molar-refractivity contribution in [2.45, 2.75) is 18.9 Å². The lowest BCUT2D eigenvalue weighted by atomic mass is 9.82. The number of aliphatic hydroxyl groups is 1. The van der Waals surface area contributed by atoms with Gasteiger partial charge in [-0.15, -0.1) is 0 Å². The highest BCUT2D eigenvalue weighted by atomic mass is 16.3. The van der Waals surface area contributed by atoms with Crippen LogP contribution < -0.4 is 16.6 Å². The fourth-order valence-corrected chi connectivity index (χ4v) is 2.03. The van der Waals surface area contributed by atoms with Crippen LogP contribution in [0.2, 0.25) is 0 Å². The van der Waals surface area contributed by atoms with Crippen molar-refractivity contribution in [1.82, 2.24) is 29.7 Å². The van der Waals surface area contributed by atoms with Gasteiger partial charge in [0.05, 0.1) is 6.10 Å². The summed E-state index contributed by atoms with van der Waals surface area (Å²) in [5.41, 5.74) is 2.39. The highest BCUT2D eigenvalue weighted by molar-refractivity contribution is 5.36. The van der Waals surface area contributed by atoms with E-state index in [9.17, 15) is 5.11 Å². The van der Waals surface area contributed by atoms with E-state index in [0.717, 1.165) is 12.8 Å². The second kappa shape index (κ2) is 5.35. The lowest BCUT2D eigenvalue weighted by Crippen LogP contribution is -2.33. The van der Waals surface area contributed by atoms with Gasteiger partial charge in [0, 0.05) is 6.54 Å². The molecule has 106 valence electrons. The fraction of sp³-hybridized carbons (Fsp3) is 0.500. The third kappa shape index (κ3) is 2.65. The number of nitrogens with zero attached hydrogens (tertiary/aromatic N) is 6. The van der Waals surface area contributed by atoms with E-state index < -0.39 is 0 Å². The van der Waals surface area contributed by atoms with Crippen molar-refractivity contribution in [2.75, 3.05) is 17.3 Å². The van der Waals surface area contributed by atoms with Gasteiger partial charge in [-0.25, -0.2) is 10.8 Å². The molecule has 1 saturated carbocycles. The maximum Gasteiger partial charge on any atom is 0.258 e. The molecular weight excluding hydrogens is 262 g/mol. The molecule has 0 bridgehead atoms. The molecule has 10 nitrogen and oxygen atoms in total. The van der Waals surface area contributed by atoms with Crippen molar-refractivity contribution in [2.24, 2.45) is 11.8 Å². The highest BCUT2D eigenvalue weighted by Crippen LogP contribution is 2.26. The van der Waals surface area contributed by atoms with E-state index in [-0.39, 0.29) is 12.1 Å². The van der Waals surface area contributed by atoms with Crippen LogP contribution in [0.5, 0.6) is 0 Å². The maximum atomic E-state index is 9.25. The summed E-state index contributed by atoms with van der Waals surface area (Å²) in [6.45, 7) is 0.696. The Bertz CT molecular complexity index is 566. The lowest BCUT2D eigenvalue weighted by Gasteiger charge is -2.31. The van der Waals surface area contributed by atoms with Gasteiger partial charge in [-0.1, -0.05) is 0 Å². The van der Waals surface area contributed by atoms with Crippen molar-refractivity contribution in [3.8, 4) is 5.95 Å². The summed E-state index contributed by atoms with van der Waals surface area (Å²) in [5.74, 6) is 6.74. The smallest absolute Gasteiger partial charge is 0.258 e. The third-order valence-electron chi connectivity index (χ3n) is 3.14. The van der Waals surface area contributed by atoms with Crippen molar-refractivity contribution < 1.29 is 5.11 Å². The van der Waals surface area contributed by atoms with Crippen LogP contribution in [0.25, 0.3) is 5.95 Å². The van der Waals surface area contributed by atoms with Crippen LogP contribution in [0.15, 0.2) is 12.7 Å². The van der Waals surface area contributed by atoms with Gasteiger partial charge >= 0.3 is 0 Å². The van der Waals surface area contributed by atoms with Gasteiger partial charge < -0.3 is 10.4 Å². The predicted molar refractivity (Wildman–Crippen MR) is 69.8 cm³/mol. The average Bonchev–Trinajstić information content (AvgIpc) is 2.96. The number of hydrazine groups is 1. The van der Waals surface area contributed by atoms with Crippen LogP contribution in [-0.4, -0.2) is 47.5 Å². The SMILES string of the molecule is NNc1nc(NCC2CC(O)C2)nc(-n2cncn2)n1. The van der Waals surface area contributed by atoms with Crippen molar-refractivity contribution in [1.29, 1.82) is 0 Å². The van der Waals surface area contributed by atoms with E-state index in [0.29, 0.717) is 24.4 Å². The Balaban J connectivity index is 1.74. The molecule has 0 atom stereocenters. The summed E-state index contributed by atoms with van der Waals surface area (Å²) in [6.07, 6.45) is 4.31. The molecule has 0 amide bonds. The normalized spacial score (nSPS) is 21.3. The first kappa shape index (κ1) is 12.7. The molecule has 1 aliphatic carbocycles. The molecule has 5 N–H and O–H groups in total. The Kier molecular flexibility index (Phi) is 3.39. The van der Waals surface area contributed by atoms with E-state index in [1.807, 2.05) is 0 Å². The van der Waals surface area contributed by atoms with Gasteiger partial charge in [0.2, 0.25) is 11.9 Å². The fourth-order valence-electron chi connectivity index (χ4n) is 2.03. The van der Waals surface area contributed by atoms with E-state index in [1.54, 1.807) is 0 Å². The number of anilines is 2. The Morgan fingerprint density at radius 2 is 2.10 bits per heavy atom. The predicted octanol–water partition coefficient (Wildman–Crippen LogP) is -1.08. The number of nitrogens with one attached hydrogen (secondary N) is 2. The van der Waals surface area contributed by atoms with Crippen LogP contribution in [0.4, 0.5) is 11.9 Å². The molecule has 0 saturated heterocycles. The van der Waals surface area contributed by atoms with Gasteiger partial charge in [-0.05, 0) is 18.8 Å². The number of aromatic nitrogens is 6. The minimum atomic E-state index is -0.174.